The first-order valence-corrected chi connectivity index (χ1v) is 9.54. The highest BCUT2D eigenvalue weighted by atomic mass is 35.5. The number of rotatable bonds is 3. The van der Waals surface area contributed by atoms with Gasteiger partial charge in [0.25, 0.3) is 5.56 Å². The zero-order chi connectivity index (χ0) is 21.5. The van der Waals surface area contributed by atoms with E-state index in [-0.39, 0.29) is 16.4 Å². The highest BCUT2D eigenvalue weighted by molar-refractivity contribution is 6.30. The Hall–Kier alpha value is -2.71. The second-order valence-electron chi connectivity index (χ2n) is 7.12. The number of nitrogens with zero attached hydrogens (tertiary/aromatic N) is 2. The van der Waals surface area contributed by atoms with Crippen LogP contribution in [0.15, 0.2) is 47.3 Å². The van der Waals surface area contributed by atoms with Crippen LogP contribution in [0.3, 0.4) is 0 Å². The summed E-state index contributed by atoms with van der Waals surface area (Å²) in [6.07, 6.45) is -3.92. The van der Waals surface area contributed by atoms with Crippen LogP contribution < -0.4 is 5.56 Å². The molecule has 2 aromatic carbocycles. The van der Waals surface area contributed by atoms with Gasteiger partial charge in [0.1, 0.15) is 11.6 Å². The smallest absolute Gasteiger partial charge is 0.306 e. The minimum Gasteiger partial charge on any atom is -0.306 e. The second-order valence-corrected chi connectivity index (χ2v) is 7.53. The third-order valence-corrected chi connectivity index (χ3v) is 5.33. The summed E-state index contributed by atoms with van der Waals surface area (Å²) in [5, 5.41) is 0.0548. The number of fused-ring (bicyclic) bond motifs is 1. The number of nitrogens with one attached hydrogen (secondary N) is 1. The quantitative estimate of drug-likeness (QED) is 0.598. The van der Waals surface area contributed by atoms with Crippen molar-refractivity contribution in [2.45, 2.75) is 25.7 Å². The van der Waals surface area contributed by atoms with E-state index in [1.807, 2.05) is 4.90 Å². The molecule has 4 rings (SSSR count). The molecule has 3 aromatic rings. The predicted molar refractivity (Wildman–Crippen MR) is 105 cm³/mol. The number of H-pyrrole nitrogens is 1. The fourth-order valence-electron chi connectivity index (χ4n) is 3.47. The molecule has 0 fully saturated rings. The highest BCUT2D eigenvalue weighted by Crippen LogP contribution is 2.30. The van der Waals surface area contributed by atoms with Gasteiger partial charge >= 0.3 is 6.18 Å². The summed E-state index contributed by atoms with van der Waals surface area (Å²) in [6.45, 7) is 1.41. The molecule has 0 saturated heterocycles. The van der Waals surface area contributed by atoms with Gasteiger partial charge in [-0.3, -0.25) is 9.69 Å². The highest BCUT2D eigenvalue weighted by Gasteiger charge is 2.30. The Bertz CT molecular complexity index is 1140. The number of benzene rings is 2. The monoisotopic (exact) mass is 437 g/mol. The van der Waals surface area contributed by atoms with E-state index in [0.29, 0.717) is 42.9 Å². The minimum absolute atomic E-state index is 0.0548. The number of hydrogen-bond acceptors (Lipinski definition) is 3. The summed E-state index contributed by atoms with van der Waals surface area (Å²) in [5.74, 6) is -0.257. The Balaban J connectivity index is 1.55. The summed E-state index contributed by atoms with van der Waals surface area (Å²) in [6, 6.07) is 9.10. The fourth-order valence-corrected chi connectivity index (χ4v) is 3.58. The van der Waals surface area contributed by atoms with Gasteiger partial charge in [-0.25, -0.2) is 9.37 Å². The molecule has 0 amide bonds. The van der Waals surface area contributed by atoms with E-state index in [2.05, 4.69) is 9.97 Å². The molecule has 0 aliphatic carbocycles. The topological polar surface area (TPSA) is 49.0 Å². The van der Waals surface area contributed by atoms with Crippen molar-refractivity contribution in [3.8, 4) is 11.4 Å². The summed E-state index contributed by atoms with van der Waals surface area (Å²) >= 11 is 5.71. The summed E-state index contributed by atoms with van der Waals surface area (Å²) in [4.78, 5) is 21.7. The first kappa shape index (κ1) is 20.6. The van der Waals surface area contributed by atoms with E-state index in [0.717, 1.165) is 17.7 Å². The maximum Gasteiger partial charge on any atom is 0.416 e. The normalized spacial score (nSPS) is 14.6. The maximum atomic E-state index is 13.7. The predicted octanol–water partition coefficient (Wildman–Crippen LogP) is 4.81. The van der Waals surface area contributed by atoms with Crippen LogP contribution in [0, 0.1) is 5.82 Å². The first-order valence-electron chi connectivity index (χ1n) is 9.16. The van der Waals surface area contributed by atoms with Crippen molar-refractivity contribution in [2.24, 2.45) is 0 Å². The second kappa shape index (κ2) is 7.85. The van der Waals surface area contributed by atoms with Crippen molar-refractivity contribution in [3.63, 3.8) is 0 Å². The maximum absolute atomic E-state index is 13.7. The molecule has 1 aliphatic rings. The van der Waals surface area contributed by atoms with Crippen LogP contribution in [0.5, 0.6) is 0 Å². The lowest BCUT2D eigenvalue weighted by molar-refractivity contribution is -0.137. The van der Waals surface area contributed by atoms with Gasteiger partial charge in [-0.05, 0) is 29.8 Å². The molecule has 1 aliphatic heterocycles. The molecule has 9 heteroatoms. The van der Waals surface area contributed by atoms with E-state index < -0.39 is 17.6 Å². The van der Waals surface area contributed by atoms with Gasteiger partial charge in [-0.1, -0.05) is 29.8 Å². The molecule has 1 aromatic heterocycles. The van der Waals surface area contributed by atoms with Crippen molar-refractivity contribution >= 4 is 11.6 Å². The van der Waals surface area contributed by atoms with E-state index >= 15 is 0 Å². The van der Waals surface area contributed by atoms with Gasteiger partial charge < -0.3 is 4.98 Å². The standard InChI is InChI=1S/C21H16ClF4N3O/c22-16-6-1-12(9-17(16)23)10-29-8-7-18-15(11-29)20(30)28-19(27-18)13-2-4-14(5-3-13)21(24,25)26/h1-6,9H,7-8,10-11H2,(H,27,28,30). The van der Waals surface area contributed by atoms with Crippen molar-refractivity contribution < 1.29 is 17.6 Å². The number of hydrogen-bond donors (Lipinski definition) is 1. The lowest BCUT2D eigenvalue weighted by atomic mass is 10.0. The Morgan fingerprint density at radius 3 is 2.53 bits per heavy atom. The Labute approximate surface area is 174 Å². The van der Waals surface area contributed by atoms with Crippen LogP contribution in [0.1, 0.15) is 22.4 Å². The number of halogens is 5. The first-order chi connectivity index (χ1) is 14.2. The van der Waals surface area contributed by atoms with Crippen LogP contribution in [0.4, 0.5) is 17.6 Å². The number of aromatic nitrogens is 2. The van der Waals surface area contributed by atoms with E-state index in [1.54, 1.807) is 6.07 Å². The van der Waals surface area contributed by atoms with Crippen molar-refractivity contribution in [1.82, 2.24) is 14.9 Å². The van der Waals surface area contributed by atoms with Gasteiger partial charge in [-0.15, -0.1) is 0 Å². The van der Waals surface area contributed by atoms with E-state index in [9.17, 15) is 22.4 Å². The molecule has 1 N–H and O–H groups in total. The molecular weight excluding hydrogens is 422 g/mol. The van der Waals surface area contributed by atoms with Crippen molar-refractivity contribution in [3.05, 3.63) is 86.0 Å². The summed E-state index contributed by atoms with van der Waals surface area (Å²) < 4.78 is 51.9. The molecule has 0 saturated carbocycles. The van der Waals surface area contributed by atoms with E-state index in [1.165, 1.54) is 24.3 Å². The van der Waals surface area contributed by atoms with Crippen LogP contribution in [-0.4, -0.2) is 21.4 Å². The van der Waals surface area contributed by atoms with Gasteiger partial charge in [0.2, 0.25) is 0 Å². The Morgan fingerprint density at radius 2 is 1.87 bits per heavy atom. The fraction of sp³-hybridized carbons (Fsp3) is 0.238. The molecular formula is C21H16ClF4N3O. The summed E-state index contributed by atoms with van der Waals surface area (Å²) in [7, 11) is 0. The average Bonchev–Trinajstić information content (AvgIpc) is 2.70. The third-order valence-electron chi connectivity index (χ3n) is 5.02. The van der Waals surface area contributed by atoms with Crippen LogP contribution in [0.2, 0.25) is 5.02 Å². The Morgan fingerprint density at radius 1 is 1.13 bits per heavy atom. The van der Waals surface area contributed by atoms with Crippen LogP contribution in [0.25, 0.3) is 11.4 Å². The summed E-state index contributed by atoms with van der Waals surface area (Å²) in [5.41, 5.74) is 1.18. The third kappa shape index (κ3) is 4.24. The van der Waals surface area contributed by atoms with Crippen LogP contribution in [-0.2, 0) is 25.7 Å². The van der Waals surface area contributed by atoms with Crippen molar-refractivity contribution in [1.29, 1.82) is 0 Å². The average molecular weight is 438 g/mol. The molecule has 0 unspecified atom stereocenters. The SMILES string of the molecule is O=c1[nH]c(-c2ccc(C(F)(F)F)cc2)nc2c1CN(Cc1ccc(Cl)c(F)c1)CC2. The number of aromatic amines is 1. The molecule has 30 heavy (non-hydrogen) atoms. The van der Waals surface area contributed by atoms with E-state index in [4.69, 9.17) is 11.6 Å². The molecule has 4 nitrogen and oxygen atoms in total. The van der Waals surface area contributed by atoms with Gasteiger partial charge in [0, 0.05) is 31.6 Å². The molecule has 156 valence electrons. The van der Waals surface area contributed by atoms with Gasteiger partial charge in [-0.2, -0.15) is 13.2 Å². The molecule has 0 bridgehead atoms. The lowest BCUT2D eigenvalue weighted by Gasteiger charge is -2.27. The van der Waals surface area contributed by atoms with Crippen LogP contribution >= 0.6 is 11.6 Å². The minimum atomic E-state index is -4.42. The molecule has 0 spiro atoms. The van der Waals surface area contributed by atoms with Gasteiger partial charge in [0.15, 0.2) is 0 Å². The number of alkyl halides is 3. The zero-order valence-corrected chi connectivity index (χ0v) is 16.3. The Kier molecular flexibility index (Phi) is 5.38. The van der Waals surface area contributed by atoms with Crippen molar-refractivity contribution in [2.75, 3.05) is 6.54 Å². The largest absolute Gasteiger partial charge is 0.416 e. The molecule has 0 radical (unpaired) electrons. The lowest BCUT2D eigenvalue weighted by Crippen LogP contribution is -2.35. The zero-order valence-electron chi connectivity index (χ0n) is 15.6. The molecule has 0 atom stereocenters. The molecule has 2 heterocycles. The van der Waals surface area contributed by atoms with Gasteiger partial charge in [0.05, 0.1) is 21.8 Å².